The second-order valence-electron chi connectivity index (χ2n) is 5.86. The molecule has 1 amide bonds. The van der Waals surface area contributed by atoms with Crippen LogP contribution in [0.25, 0.3) is 0 Å². The number of hydrogen-bond acceptors (Lipinski definition) is 4. The monoisotopic (exact) mass is 271 g/mol. The van der Waals surface area contributed by atoms with Crippen molar-refractivity contribution in [2.75, 3.05) is 46.4 Å². The fraction of sp³-hybridized carbons (Fsp3) is 0.929. The maximum atomic E-state index is 12.2. The lowest BCUT2D eigenvalue weighted by molar-refractivity contribution is -0.138. The van der Waals surface area contributed by atoms with Crippen LogP contribution in [0, 0.1) is 0 Å². The summed E-state index contributed by atoms with van der Waals surface area (Å²) < 4.78 is 5.32. The Balaban J connectivity index is 2.27. The third kappa shape index (κ3) is 5.89. The van der Waals surface area contributed by atoms with Gasteiger partial charge < -0.3 is 15.4 Å². The van der Waals surface area contributed by atoms with E-state index in [0.717, 1.165) is 52.1 Å². The average Bonchev–Trinajstić information content (AvgIpc) is 2.39. The lowest BCUT2D eigenvalue weighted by Crippen LogP contribution is -2.50. The fourth-order valence-electron chi connectivity index (χ4n) is 2.25. The van der Waals surface area contributed by atoms with Gasteiger partial charge in [-0.15, -0.1) is 0 Å². The predicted molar refractivity (Wildman–Crippen MR) is 77.0 cm³/mol. The van der Waals surface area contributed by atoms with Gasteiger partial charge in [0.15, 0.2) is 0 Å². The van der Waals surface area contributed by atoms with Gasteiger partial charge in [-0.05, 0) is 39.8 Å². The van der Waals surface area contributed by atoms with Crippen molar-refractivity contribution in [3.63, 3.8) is 0 Å². The second-order valence-corrected chi connectivity index (χ2v) is 5.86. The van der Waals surface area contributed by atoms with Crippen molar-refractivity contribution >= 4 is 5.91 Å². The summed E-state index contributed by atoms with van der Waals surface area (Å²) in [6.45, 7) is 9.39. The molecule has 1 fully saturated rings. The highest BCUT2D eigenvalue weighted by atomic mass is 16.5. The molecule has 1 aliphatic rings. The highest BCUT2D eigenvalue weighted by Gasteiger charge is 2.27. The summed E-state index contributed by atoms with van der Waals surface area (Å²) in [5.74, 6) is 0.202. The van der Waals surface area contributed by atoms with E-state index in [2.05, 4.69) is 4.90 Å². The van der Waals surface area contributed by atoms with E-state index < -0.39 is 0 Å². The van der Waals surface area contributed by atoms with E-state index in [1.165, 1.54) is 0 Å². The molecule has 1 heterocycles. The molecule has 0 aromatic carbocycles. The van der Waals surface area contributed by atoms with Gasteiger partial charge in [-0.3, -0.25) is 9.69 Å². The van der Waals surface area contributed by atoms with Crippen LogP contribution in [0.3, 0.4) is 0 Å². The highest BCUT2D eigenvalue weighted by molar-refractivity contribution is 5.77. The molecule has 1 saturated heterocycles. The number of methoxy groups -OCH3 is 1. The van der Waals surface area contributed by atoms with Crippen LogP contribution in [-0.2, 0) is 9.53 Å². The number of hydrogen-bond donors (Lipinski definition) is 1. The Bertz CT molecular complexity index is 274. The standard InChI is InChI=1S/C14H29N3O2/c1-14(2,19-3)12-13(18)17-10-8-16(9-11-17)7-5-4-6-15/h4-12,15H2,1-3H3. The Morgan fingerprint density at radius 1 is 1.21 bits per heavy atom. The number of piperazine rings is 1. The molecule has 2 N–H and O–H groups in total. The van der Waals surface area contributed by atoms with Crippen molar-refractivity contribution in [2.24, 2.45) is 5.73 Å². The quantitative estimate of drug-likeness (QED) is 0.692. The second kappa shape index (κ2) is 7.82. The number of rotatable bonds is 7. The first kappa shape index (κ1) is 16.4. The summed E-state index contributed by atoms with van der Waals surface area (Å²) in [5.41, 5.74) is 5.13. The molecule has 0 unspecified atom stereocenters. The van der Waals surface area contributed by atoms with Crippen LogP contribution < -0.4 is 5.73 Å². The topological polar surface area (TPSA) is 58.8 Å². The van der Waals surface area contributed by atoms with Gasteiger partial charge in [0.05, 0.1) is 12.0 Å². The number of carbonyl (C=O) groups is 1. The average molecular weight is 271 g/mol. The van der Waals surface area contributed by atoms with Gasteiger partial charge in [0.2, 0.25) is 5.91 Å². The molecule has 5 heteroatoms. The van der Waals surface area contributed by atoms with Crippen molar-refractivity contribution < 1.29 is 9.53 Å². The van der Waals surface area contributed by atoms with Gasteiger partial charge >= 0.3 is 0 Å². The maximum absolute atomic E-state index is 12.2. The van der Waals surface area contributed by atoms with Crippen LogP contribution in [0.5, 0.6) is 0 Å². The van der Waals surface area contributed by atoms with E-state index >= 15 is 0 Å². The van der Waals surface area contributed by atoms with Gasteiger partial charge in [-0.2, -0.15) is 0 Å². The SMILES string of the molecule is COC(C)(C)CC(=O)N1CCN(CCCCN)CC1. The van der Waals surface area contributed by atoms with Crippen molar-refractivity contribution in [2.45, 2.75) is 38.7 Å². The third-order valence-electron chi connectivity index (χ3n) is 3.78. The summed E-state index contributed by atoms with van der Waals surface area (Å²) in [7, 11) is 1.66. The number of ether oxygens (including phenoxy) is 1. The van der Waals surface area contributed by atoms with Gasteiger partial charge in [0.1, 0.15) is 0 Å². The van der Waals surface area contributed by atoms with Gasteiger partial charge in [-0.1, -0.05) is 0 Å². The summed E-state index contributed by atoms with van der Waals surface area (Å²) in [6, 6.07) is 0. The van der Waals surface area contributed by atoms with E-state index in [1.54, 1.807) is 7.11 Å². The van der Waals surface area contributed by atoms with Crippen molar-refractivity contribution in [1.82, 2.24) is 9.80 Å². The first-order valence-electron chi connectivity index (χ1n) is 7.24. The minimum Gasteiger partial charge on any atom is -0.378 e. The van der Waals surface area contributed by atoms with Crippen molar-refractivity contribution in [3.05, 3.63) is 0 Å². The summed E-state index contributed by atoms with van der Waals surface area (Å²) in [4.78, 5) is 16.5. The first-order valence-corrected chi connectivity index (χ1v) is 7.24. The minimum atomic E-state index is -0.366. The molecule has 0 spiro atoms. The zero-order chi connectivity index (χ0) is 14.3. The van der Waals surface area contributed by atoms with Gasteiger partial charge in [0, 0.05) is 33.3 Å². The predicted octanol–water partition coefficient (Wildman–Crippen LogP) is 0.685. The lowest BCUT2D eigenvalue weighted by atomic mass is 10.0. The van der Waals surface area contributed by atoms with E-state index in [4.69, 9.17) is 10.5 Å². The summed E-state index contributed by atoms with van der Waals surface area (Å²) >= 11 is 0. The fourth-order valence-corrected chi connectivity index (χ4v) is 2.25. The molecule has 0 saturated carbocycles. The van der Waals surface area contributed by atoms with Gasteiger partial charge in [-0.25, -0.2) is 0 Å². The number of amides is 1. The molecule has 19 heavy (non-hydrogen) atoms. The van der Waals surface area contributed by atoms with Crippen LogP contribution in [0.15, 0.2) is 0 Å². The van der Waals surface area contributed by atoms with E-state index in [-0.39, 0.29) is 11.5 Å². The highest BCUT2D eigenvalue weighted by Crippen LogP contribution is 2.15. The Labute approximate surface area is 117 Å². The molecule has 0 aliphatic carbocycles. The van der Waals surface area contributed by atoms with E-state index in [1.807, 2.05) is 18.7 Å². The number of carbonyl (C=O) groups excluding carboxylic acids is 1. The van der Waals surface area contributed by atoms with Crippen molar-refractivity contribution in [3.8, 4) is 0 Å². The zero-order valence-corrected chi connectivity index (χ0v) is 12.7. The smallest absolute Gasteiger partial charge is 0.225 e. The van der Waals surface area contributed by atoms with Crippen LogP contribution >= 0.6 is 0 Å². The first-order chi connectivity index (χ1) is 8.98. The lowest BCUT2D eigenvalue weighted by Gasteiger charge is -2.36. The van der Waals surface area contributed by atoms with Crippen LogP contribution in [0.1, 0.15) is 33.1 Å². The molecule has 1 aliphatic heterocycles. The van der Waals surface area contributed by atoms with Crippen LogP contribution in [0.4, 0.5) is 0 Å². The summed E-state index contributed by atoms with van der Waals surface area (Å²) in [6.07, 6.45) is 2.69. The van der Waals surface area contributed by atoms with E-state index in [9.17, 15) is 4.79 Å². The molecule has 0 aromatic rings. The number of nitrogens with two attached hydrogens (primary N) is 1. The Morgan fingerprint density at radius 2 is 1.84 bits per heavy atom. The molecular formula is C14H29N3O2. The van der Waals surface area contributed by atoms with Gasteiger partial charge in [0.25, 0.3) is 0 Å². The van der Waals surface area contributed by atoms with Crippen LogP contribution in [-0.4, -0.2) is 67.7 Å². The molecule has 112 valence electrons. The maximum Gasteiger partial charge on any atom is 0.225 e. The zero-order valence-electron chi connectivity index (χ0n) is 12.7. The summed E-state index contributed by atoms with van der Waals surface area (Å²) in [5, 5.41) is 0. The number of unbranched alkanes of at least 4 members (excludes halogenated alkanes) is 1. The number of nitrogens with zero attached hydrogens (tertiary/aromatic N) is 2. The molecule has 0 radical (unpaired) electrons. The van der Waals surface area contributed by atoms with E-state index in [0.29, 0.717) is 6.42 Å². The van der Waals surface area contributed by atoms with Crippen LogP contribution in [0.2, 0.25) is 0 Å². The Kier molecular flexibility index (Phi) is 6.75. The molecular weight excluding hydrogens is 242 g/mol. The van der Waals surface area contributed by atoms with Crippen molar-refractivity contribution in [1.29, 1.82) is 0 Å². The molecule has 0 atom stereocenters. The molecule has 0 aromatic heterocycles. The molecule has 5 nitrogen and oxygen atoms in total. The largest absolute Gasteiger partial charge is 0.378 e. The minimum absolute atomic E-state index is 0.202. The third-order valence-corrected chi connectivity index (χ3v) is 3.78. The Morgan fingerprint density at radius 3 is 2.37 bits per heavy atom. The normalized spacial score (nSPS) is 17.8. The molecule has 1 rings (SSSR count). The molecule has 0 bridgehead atoms. The Hall–Kier alpha value is -0.650.